The number of carbonyl (C=O) groups excluding carboxylic acids is 16. The van der Waals surface area contributed by atoms with Gasteiger partial charge in [-0.1, -0.05) is 0 Å². The van der Waals surface area contributed by atoms with Crippen molar-refractivity contribution in [3.8, 4) is 11.5 Å². The minimum absolute atomic E-state index is 0.00457. The molecular weight excluding hydrogens is 1720 g/mol. The third-order valence-electron chi connectivity index (χ3n) is 21.8. The summed E-state index contributed by atoms with van der Waals surface area (Å²) in [5, 5.41) is 139. The van der Waals surface area contributed by atoms with E-state index in [-0.39, 0.29) is 209 Å². The quantitative estimate of drug-likeness (QED) is 0.00199. The Morgan fingerprint density at radius 3 is 1.95 bits per heavy atom. The molecule has 0 spiro atoms. The van der Waals surface area contributed by atoms with Gasteiger partial charge >= 0.3 is 0 Å². The number of amides is 15. The minimum atomic E-state index is -2.25. The number of guanidine groups is 1. The lowest BCUT2D eigenvalue weighted by Gasteiger charge is -2.36. The van der Waals surface area contributed by atoms with Gasteiger partial charge in [-0.15, -0.1) is 0 Å². The number of aliphatic hydroxyl groups is 4. The third-order valence-corrected chi connectivity index (χ3v) is 21.8. The number of hydrogen-bond donors (Lipinski definition) is 24. The van der Waals surface area contributed by atoms with Crippen molar-refractivity contribution in [1.82, 2.24) is 88.4 Å². The Balaban J connectivity index is 0.883. The Morgan fingerprint density at radius 1 is 0.700 bits per heavy atom. The summed E-state index contributed by atoms with van der Waals surface area (Å²) in [6.07, 6.45) is -5.33. The smallest absolute Gasteiger partial charge is 0.299 e. The van der Waals surface area contributed by atoms with Crippen LogP contribution < -0.4 is 100 Å². The number of carboxylic acids is 1. The van der Waals surface area contributed by atoms with Crippen LogP contribution in [0.25, 0.3) is 32.8 Å². The summed E-state index contributed by atoms with van der Waals surface area (Å²) in [6.45, 7) is 0.607. The highest BCUT2D eigenvalue weighted by Gasteiger charge is 2.43. The predicted octanol–water partition coefficient (Wildman–Crippen LogP) is -8.29. The normalized spacial score (nSPS) is 18.4. The number of nitrogens with two attached hydrogens (primary N) is 1. The number of anilines is 3. The first-order chi connectivity index (χ1) is 61.7. The molecule has 2 aromatic carbocycles. The van der Waals surface area contributed by atoms with Crippen molar-refractivity contribution in [3.63, 3.8) is 0 Å². The first kappa shape index (κ1) is 102. The minimum Gasteiger partial charge on any atom is -0.545 e. The zero-order chi connectivity index (χ0) is 95.5. The molecule has 708 valence electrons. The summed E-state index contributed by atoms with van der Waals surface area (Å²) in [5.41, 5.74) is 2.60. The van der Waals surface area contributed by atoms with Gasteiger partial charge in [0.15, 0.2) is 28.9 Å². The molecule has 130 heavy (non-hydrogen) atoms. The summed E-state index contributed by atoms with van der Waals surface area (Å²) < 4.78 is 18.3. The van der Waals surface area contributed by atoms with Crippen LogP contribution in [0.2, 0.25) is 0 Å². The summed E-state index contributed by atoms with van der Waals surface area (Å²) >= 11 is 0. The van der Waals surface area contributed by atoms with Crippen molar-refractivity contribution in [2.75, 3.05) is 101 Å². The van der Waals surface area contributed by atoms with E-state index in [2.05, 4.69) is 79.4 Å². The zero-order valence-corrected chi connectivity index (χ0v) is 71.6. The SMILES string of the molecule is CC(O)[C@@H]1NC(=O)[C@H](CCCN(O)C=O)NC(=O)[C@@H](NC(=O)[C@](C)(CCCN(O)C=O)NC(=O)[C@@H](CO)NC(=O)[C@H](CCCNC(=N)N)NC(=O)[C@@H](CO)NC(=O)[C@@H]2CCNc3c(NC(=O)CCC(=O)NCCNC(=O)CCC(=O)N4CCN(c5cc6nc7c(cc6cc5F)c(=O)c(C(=O)[O-])cn7C)CC4)cc4cc(O)c(O)cc4[n+]32)CCCCNC(=O)[C@H](C(C)O)NC1=O. The van der Waals surface area contributed by atoms with E-state index in [4.69, 9.17) is 11.1 Å². The summed E-state index contributed by atoms with van der Waals surface area (Å²) in [5.74, 6) is -16.3. The fourth-order valence-electron chi connectivity index (χ4n) is 14.7. The number of aromatic hydroxyl groups is 2. The number of nitrogens with zero attached hydrogens (tertiary/aromatic N) is 7. The number of phenolic OH excluding ortho intramolecular Hbond substituents is 2. The Bertz CT molecular complexity index is 5130. The van der Waals surface area contributed by atoms with Crippen LogP contribution in [0.15, 0.2) is 47.4 Å². The van der Waals surface area contributed by atoms with E-state index in [0.29, 0.717) is 5.52 Å². The number of fused-ring (bicyclic) bond motifs is 5. The molecule has 5 aromatic rings. The summed E-state index contributed by atoms with van der Waals surface area (Å²) in [6, 6.07) is -6.14. The molecule has 25 N–H and O–H groups in total. The first-order valence-electron chi connectivity index (χ1n) is 41.8. The maximum atomic E-state index is 15.6. The molecule has 3 aliphatic rings. The van der Waals surface area contributed by atoms with Crippen LogP contribution in [0.5, 0.6) is 11.5 Å². The van der Waals surface area contributed by atoms with Gasteiger partial charge in [-0.2, -0.15) is 0 Å². The molecule has 0 bridgehead atoms. The van der Waals surface area contributed by atoms with Crippen LogP contribution in [-0.4, -0.2) is 312 Å². The van der Waals surface area contributed by atoms with Crippen LogP contribution in [-0.2, 0) is 79.0 Å². The highest BCUT2D eigenvalue weighted by atomic mass is 19.1. The number of carboxylic acid groups (broad SMARTS) is 1. The molecule has 2 unspecified atom stereocenters. The number of aromatic carboxylic acids is 1. The molecule has 2 fully saturated rings. The molecule has 49 nitrogen and oxygen atoms in total. The number of aliphatic hydroxyl groups excluding tert-OH is 4. The molecule has 0 saturated carbocycles. The largest absolute Gasteiger partial charge is 0.545 e. The third kappa shape index (κ3) is 27.6. The predicted molar refractivity (Wildman–Crippen MR) is 451 cm³/mol. The van der Waals surface area contributed by atoms with Crippen LogP contribution in [0.4, 0.5) is 21.6 Å². The highest BCUT2D eigenvalue weighted by Crippen LogP contribution is 2.36. The van der Waals surface area contributed by atoms with Crippen molar-refractivity contribution in [1.29, 1.82) is 5.41 Å². The van der Waals surface area contributed by atoms with Gasteiger partial charge in [0, 0.05) is 128 Å². The number of aryl methyl sites for hydroxylation is 1. The van der Waals surface area contributed by atoms with Gasteiger partial charge in [-0.3, -0.25) is 97.9 Å². The Hall–Kier alpha value is -13.9. The number of nitrogens with one attached hydrogen (secondary N) is 15. The number of benzene rings is 2. The van der Waals surface area contributed by atoms with E-state index in [0.717, 1.165) is 32.2 Å². The molecule has 2 saturated heterocycles. The zero-order valence-electron chi connectivity index (χ0n) is 71.6. The van der Waals surface area contributed by atoms with Gasteiger partial charge in [-0.05, 0) is 109 Å². The number of phenols is 2. The molecular formula is C80H110FN23O26. The van der Waals surface area contributed by atoms with Crippen LogP contribution in [0.3, 0.4) is 0 Å². The number of halogens is 1. The monoisotopic (exact) mass is 1830 g/mol. The van der Waals surface area contributed by atoms with E-state index in [9.17, 15) is 128 Å². The molecule has 15 amide bonds. The molecule has 6 heterocycles. The molecule has 0 radical (unpaired) electrons. The van der Waals surface area contributed by atoms with Crippen molar-refractivity contribution in [2.45, 2.75) is 177 Å². The van der Waals surface area contributed by atoms with Gasteiger partial charge < -0.3 is 130 Å². The molecule has 0 aliphatic carbocycles. The highest BCUT2D eigenvalue weighted by molar-refractivity contribution is 6.02. The van der Waals surface area contributed by atoms with Gasteiger partial charge in [0.2, 0.25) is 83.7 Å². The van der Waals surface area contributed by atoms with E-state index in [1.807, 2.05) is 0 Å². The first-order valence-corrected chi connectivity index (χ1v) is 41.8. The number of carbonyl (C=O) groups is 16. The number of aromatic nitrogens is 3. The second-order valence-electron chi connectivity index (χ2n) is 31.6. The van der Waals surface area contributed by atoms with Crippen molar-refractivity contribution in [2.24, 2.45) is 12.8 Å². The van der Waals surface area contributed by atoms with E-state index in [1.54, 1.807) is 4.90 Å². The topological polar surface area (TPSA) is 728 Å². The lowest BCUT2D eigenvalue weighted by atomic mass is 9.92. The molecule has 3 aromatic heterocycles. The van der Waals surface area contributed by atoms with Gasteiger partial charge in [-0.25, -0.2) is 24.1 Å². The fourth-order valence-corrected chi connectivity index (χ4v) is 14.7. The van der Waals surface area contributed by atoms with Gasteiger partial charge in [0.05, 0.1) is 60.1 Å². The lowest BCUT2D eigenvalue weighted by molar-refractivity contribution is -0.674. The molecule has 50 heteroatoms. The maximum absolute atomic E-state index is 15.6. The fraction of sp³-hybridized carbons (Fsp3) is 0.525. The number of hydroxylamine groups is 4. The second kappa shape index (κ2) is 47.3. The Labute approximate surface area is 740 Å². The average Bonchev–Trinajstić information content (AvgIpc) is 0.753. The number of piperazine rings is 1. The molecule has 11 atom stereocenters. The van der Waals surface area contributed by atoms with Crippen molar-refractivity contribution in [3.05, 3.63) is 64.2 Å². The Morgan fingerprint density at radius 2 is 1.31 bits per heavy atom. The standard InChI is InChI=1S/C80H110FN23O26/c1-41(109)64-75(124)87-19-6-5-10-50(70(119)91-49(12-8-24-102(129)39-107)71(120)96-65(42(2)110)76(125)97-64)95-78(128)80(3,18-9-25-103(130)40-108)98-73(122)54(38-106)93-69(118)48(11-7-20-88-79(82)83)92-72(121)53(37-105)94-74(123)55-17-21-86-68-52(32-44-33-58(111)59(112)35-56(44)104(55)68)89-62(115)14-13-60(113)84-22-23-85-61(114)15-16-63(116)101-28-26-100(27-29-101)57-34-51-43(31-47(57)81)30-45-66(117)46(77(126)127)36-99(4)67(45)90-51/h30-36,39-42,48-50,53-55,64-65,105-106,109-110,129-130H,5-29,37-38H2,1-4H3,(H19,82,83,84,85,86,87,88,89,91,92,93,94,95,96,97,98,111,112,113,114,115,118,119,120,121,122,123,124,125,126,127,128)/t41?,42?,48-,49-,50-,53+,54+,55-,64-,65-,80-/m0/s1. The average molecular weight is 1830 g/mol. The van der Waals surface area contributed by atoms with E-state index in [1.165, 1.54) is 52.3 Å². The lowest BCUT2D eigenvalue weighted by Crippen LogP contribution is -2.65. The van der Waals surface area contributed by atoms with Crippen LogP contribution >= 0.6 is 0 Å². The number of rotatable bonds is 40. The van der Waals surface area contributed by atoms with Crippen LogP contribution in [0, 0.1) is 11.2 Å². The number of hydrogen-bond acceptors (Lipinski definition) is 30. The summed E-state index contributed by atoms with van der Waals surface area (Å²) in [7, 11) is 1.51. The molecule has 8 rings (SSSR count). The second-order valence-corrected chi connectivity index (χ2v) is 31.6. The molecule has 3 aliphatic heterocycles. The number of pyridine rings is 3. The van der Waals surface area contributed by atoms with Gasteiger partial charge in [0.1, 0.15) is 70.5 Å². The Kier molecular flexibility index (Phi) is 36.9. The van der Waals surface area contributed by atoms with Crippen molar-refractivity contribution < 1.29 is 132 Å². The van der Waals surface area contributed by atoms with Crippen molar-refractivity contribution >= 4 is 152 Å². The van der Waals surface area contributed by atoms with E-state index < -0.39 is 216 Å². The van der Waals surface area contributed by atoms with Gasteiger partial charge in [0.25, 0.3) is 11.7 Å². The summed E-state index contributed by atoms with van der Waals surface area (Å²) in [4.78, 5) is 236. The maximum Gasteiger partial charge on any atom is 0.299 e. The van der Waals surface area contributed by atoms with Crippen LogP contribution in [0.1, 0.15) is 127 Å². The van der Waals surface area contributed by atoms with E-state index >= 15 is 4.39 Å².